The molecule has 0 atom stereocenters. The minimum atomic E-state index is -0.144. The molecule has 0 radical (unpaired) electrons. The van der Waals surface area contributed by atoms with Gasteiger partial charge in [-0.1, -0.05) is 6.08 Å². The molecule has 16 heavy (non-hydrogen) atoms. The van der Waals surface area contributed by atoms with Crippen molar-refractivity contribution in [3.63, 3.8) is 0 Å². The number of aromatic nitrogens is 3. The minimum Gasteiger partial charge on any atom is -0.293 e. The fourth-order valence-corrected chi connectivity index (χ4v) is 1.89. The molecule has 0 saturated heterocycles. The summed E-state index contributed by atoms with van der Waals surface area (Å²) in [4.78, 5) is 15.1. The Labute approximate surface area is 94.6 Å². The Kier molecular flexibility index (Phi) is 3.03. The molecule has 0 bridgehead atoms. The van der Waals surface area contributed by atoms with Crippen LogP contribution in [0.5, 0.6) is 0 Å². The van der Waals surface area contributed by atoms with E-state index in [2.05, 4.69) is 21.5 Å². The van der Waals surface area contributed by atoms with Crippen LogP contribution in [0.4, 0.5) is 5.95 Å². The molecule has 1 aromatic heterocycles. The number of nitrogens with zero attached hydrogens (tertiary/aromatic N) is 3. The number of aryl methyl sites for hydroxylation is 1. The van der Waals surface area contributed by atoms with Gasteiger partial charge in [0.1, 0.15) is 5.82 Å². The number of anilines is 1. The van der Waals surface area contributed by atoms with Gasteiger partial charge in [-0.25, -0.2) is 4.68 Å². The quantitative estimate of drug-likeness (QED) is 0.828. The number of carbonyl (C=O) groups excluding carboxylic acids is 1. The fourth-order valence-electron chi connectivity index (χ4n) is 1.89. The van der Waals surface area contributed by atoms with Crippen molar-refractivity contribution in [3.05, 3.63) is 11.9 Å². The number of allylic oxidation sites excluding steroid dienone is 2. The molecule has 5 heteroatoms. The van der Waals surface area contributed by atoms with Crippen LogP contribution in [-0.2, 0) is 4.79 Å². The van der Waals surface area contributed by atoms with E-state index in [0.717, 1.165) is 18.7 Å². The fraction of sp³-hybridized carbons (Fsp3) is 0.545. The number of hydrogen-bond donors (Lipinski definition) is 1. The summed E-state index contributed by atoms with van der Waals surface area (Å²) in [6.45, 7) is 3.35. The van der Waals surface area contributed by atoms with Gasteiger partial charge in [-0.3, -0.25) is 10.1 Å². The first-order valence-corrected chi connectivity index (χ1v) is 5.57. The van der Waals surface area contributed by atoms with Gasteiger partial charge in [-0.2, -0.15) is 4.98 Å². The predicted molar refractivity (Wildman–Crippen MR) is 61.8 cm³/mol. The minimum absolute atomic E-state index is 0.144. The zero-order valence-electron chi connectivity index (χ0n) is 9.66. The van der Waals surface area contributed by atoms with E-state index in [0.29, 0.717) is 5.95 Å². The first-order chi connectivity index (χ1) is 7.66. The smallest absolute Gasteiger partial charge is 0.249 e. The molecule has 0 aliphatic heterocycles. The highest BCUT2D eigenvalue weighted by molar-refractivity contribution is 5.86. The maximum absolute atomic E-state index is 10.9. The van der Waals surface area contributed by atoms with Gasteiger partial charge in [0, 0.05) is 12.6 Å². The highest BCUT2D eigenvalue weighted by atomic mass is 16.1. The standard InChI is InChI=1S/C11H16N4O/c1-8-12-11(13-9(2)16)14-15(8)10-6-4-3-5-7-10/h6H,3-5,7H2,1-2H3,(H,13,14,16). The van der Waals surface area contributed by atoms with Crippen molar-refractivity contribution in [1.82, 2.24) is 14.8 Å². The maximum atomic E-state index is 10.9. The highest BCUT2D eigenvalue weighted by Gasteiger charge is 2.12. The molecular formula is C11H16N4O. The lowest BCUT2D eigenvalue weighted by Crippen LogP contribution is -2.08. The van der Waals surface area contributed by atoms with Crippen LogP contribution >= 0.6 is 0 Å². The van der Waals surface area contributed by atoms with Gasteiger partial charge >= 0.3 is 0 Å². The SMILES string of the molecule is CC(=O)Nc1nc(C)n(C2=CCCCC2)n1. The molecule has 1 amide bonds. The van der Waals surface area contributed by atoms with E-state index in [9.17, 15) is 4.79 Å². The Bertz CT molecular complexity index is 433. The van der Waals surface area contributed by atoms with E-state index in [1.54, 1.807) is 0 Å². The number of hydrogen-bond acceptors (Lipinski definition) is 3. The van der Waals surface area contributed by atoms with Crippen molar-refractivity contribution in [3.8, 4) is 0 Å². The Balaban J connectivity index is 2.24. The van der Waals surface area contributed by atoms with E-state index < -0.39 is 0 Å². The third-order valence-electron chi connectivity index (χ3n) is 2.60. The Hall–Kier alpha value is -1.65. The average molecular weight is 220 g/mol. The van der Waals surface area contributed by atoms with E-state index >= 15 is 0 Å². The van der Waals surface area contributed by atoms with Gasteiger partial charge < -0.3 is 0 Å². The van der Waals surface area contributed by atoms with Crippen LogP contribution in [0.25, 0.3) is 5.70 Å². The molecule has 1 aliphatic rings. The summed E-state index contributed by atoms with van der Waals surface area (Å²) in [5, 5.41) is 6.87. The van der Waals surface area contributed by atoms with Crippen molar-refractivity contribution in [2.45, 2.75) is 39.5 Å². The van der Waals surface area contributed by atoms with Gasteiger partial charge in [0.15, 0.2) is 0 Å². The molecule has 1 N–H and O–H groups in total. The Morgan fingerprint density at radius 2 is 2.31 bits per heavy atom. The molecule has 2 rings (SSSR count). The molecule has 0 unspecified atom stereocenters. The van der Waals surface area contributed by atoms with E-state index in [-0.39, 0.29) is 5.91 Å². The average Bonchev–Trinajstić information content (AvgIpc) is 2.60. The Morgan fingerprint density at radius 3 is 2.94 bits per heavy atom. The van der Waals surface area contributed by atoms with Crippen molar-refractivity contribution < 1.29 is 4.79 Å². The molecule has 1 aliphatic carbocycles. The largest absolute Gasteiger partial charge is 0.293 e. The lowest BCUT2D eigenvalue weighted by molar-refractivity contribution is -0.114. The monoisotopic (exact) mass is 220 g/mol. The summed E-state index contributed by atoms with van der Waals surface area (Å²) in [7, 11) is 0. The van der Waals surface area contributed by atoms with Gasteiger partial charge in [0.25, 0.3) is 0 Å². The van der Waals surface area contributed by atoms with E-state index in [1.807, 2.05) is 11.6 Å². The molecule has 5 nitrogen and oxygen atoms in total. The van der Waals surface area contributed by atoms with Gasteiger partial charge in [0.2, 0.25) is 11.9 Å². The molecule has 1 aromatic rings. The lowest BCUT2D eigenvalue weighted by Gasteiger charge is -2.12. The second kappa shape index (κ2) is 4.47. The topological polar surface area (TPSA) is 59.8 Å². The maximum Gasteiger partial charge on any atom is 0.249 e. The summed E-state index contributed by atoms with van der Waals surface area (Å²) >= 11 is 0. The zero-order chi connectivity index (χ0) is 11.5. The number of nitrogens with one attached hydrogen (secondary N) is 1. The van der Waals surface area contributed by atoms with Crippen molar-refractivity contribution >= 4 is 17.6 Å². The molecule has 0 fully saturated rings. The molecular weight excluding hydrogens is 204 g/mol. The predicted octanol–water partition coefficient (Wildman–Crippen LogP) is 1.96. The molecule has 1 heterocycles. The van der Waals surface area contributed by atoms with E-state index in [1.165, 1.54) is 25.5 Å². The van der Waals surface area contributed by atoms with Crippen molar-refractivity contribution in [2.75, 3.05) is 5.32 Å². The van der Waals surface area contributed by atoms with Crippen molar-refractivity contribution in [2.24, 2.45) is 0 Å². The van der Waals surface area contributed by atoms with E-state index in [4.69, 9.17) is 0 Å². The van der Waals surface area contributed by atoms with Crippen LogP contribution < -0.4 is 5.32 Å². The van der Waals surface area contributed by atoms with Crippen LogP contribution in [-0.4, -0.2) is 20.7 Å². The number of amides is 1. The molecule has 0 spiro atoms. The highest BCUT2D eigenvalue weighted by Crippen LogP contribution is 2.22. The first kappa shape index (κ1) is 10.9. The summed E-state index contributed by atoms with van der Waals surface area (Å²) in [5.74, 6) is 1.06. The molecule has 0 saturated carbocycles. The molecule has 0 aromatic carbocycles. The number of rotatable bonds is 2. The Morgan fingerprint density at radius 1 is 1.50 bits per heavy atom. The van der Waals surface area contributed by atoms with Crippen LogP contribution in [0.2, 0.25) is 0 Å². The van der Waals surface area contributed by atoms with Crippen molar-refractivity contribution in [1.29, 1.82) is 0 Å². The van der Waals surface area contributed by atoms with Gasteiger partial charge in [0.05, 0.1) is 0 Å². The third-order valence-corrected chi connectivity index (χ3v) is 2.60. The summed E-state index contributed by atoms with van der Waals surface area (Å²) in [6.07, 6.45) is 6.77. The van der Waals surface area contributed by atoms with Crippen LogP contribution in [0.3, 0.4) is 0 Å². The van der Waals surface area contributed by atoms with Crippen LogP contribution in [0, 0.1) is 6.92 Å². The summed E-state index contributed by atoms with van der Waals surface area (Å²) in [5.41, 5.74) is 1.19. The zero-order valence-corrected chi connectivity index (χ0v) is 9.66. The summed E-state index contributed by atoms with van der Waals surface area (Å²) < 4.78 is 1.82. The second-order valence-electron chi connectivity index (χ2n) is 4.02. The van der Waals surface area contributed by atoms with Gasteiger partial charge in [-0.15, -0.1) is 5.10 Å². The lowest BCUT2D eigenvalue weighted by atomic mass is 10.1. The summed E-state index contributed by atoms with van der Waals surface area (Å²) in [6, 6.07) is 0. The normalized spacial score (nSPS) is 15.8. The van der Waals surface area contributed by atoms with Crippen LogP contribution in [0.15, 0.2) is 6.08 Å². The number of carbonyl (C=O) groups is 1. The van der Waals surface area contributed by atoms with Gasteiger partial charge in [-0.05, 0) is 32.6 Å². The first-order valence-electron chi connectivity index (χ1n) is 5.57. The second-order valence-corrected chi connectivity index (χ2v) is 4.02. The molecule has 86 valence electrons. The van der Waals surface area contributed by atoms with Crippen LogP contribution in [0.1, 0.15) is 38.4 Å². The third kappa shape index (κ3) is 2.29.